The average molecular weight is 164 g/mol. The van der Waals surface area contributed by atoms with Crippen LogP contribution in [0.3, 0.4) is 0 Å². The Kier molecular flexibility index (Phi) is 2.17. The van der Waals surface area contributed by atoms with Crippen molar-refractivity contribution in [3.05, 3.63) is 24.4 Å². The molecule has 0 amide bonds. The highest BCUT2D eigenvalue weighted by Crippen LogP contribution is 2.16. The molecule has 0 radical (unpaired) electrons. The minimum Gasteiger partial charge on any atom is -0.362 e. The molecular weight excluding hydrogens is 148 g/mol. The lowest BCUT2D eigenvalue weighted by Gasteiger charge is -2.33. The van der Waals surface area contributed by atoms with Gasteiger partial charge in [0, 0.05) is 26.3 Å². The van der Waals surface area contributed by atoms with Gasteiger partial charge in [0.15, 0.2) is 0 Å². The molecule has 0 N–H and O–H groups in total. The van der Waals surface area contributed by atoms with Gasteiger partial charge in [0.05, 0.1) is 0 Å². The van der Waals surface area contributed by atoms with Crippen LogP contribution in [-0.4, -0.2) is 36.1 Å². The van der Waals surface area contributed by atoms with Gasteiger partial charge in [-0.1, -0.05) is 6.08 Å². The van der Waals surface area contributed by atoms with Gasteiger partial charge in [0.2, 0.25) is 0 Å². The molecule has 0 saturated carbocycles. The number of rotatable bonds is 1. The lowest BCUT2D eigenvalue weighted by molar-refractivity contribution is 0.158. The second-order valence-corrected chi connectivity index (χ2v) is 3.55. The van der Waals surface area contributed by atoms with Crippen molar-refractivity contribution in [1.29, 1.82) is 0 Å². The van der Waals surface area contributed by atoms with Gasteiger partial charge in [-0.15, -0.1) is 0 Å². The molecule has 1 atom stereocenters. The zero-order chi connectivity index (χ0) is 8.39. The number of allylic oxidation sites excluding steroid dienone is 2. The monoisotopic (exact) mass is 164 g/mol. The molecule has 66 valence electrons. The summed E-state index contributed by atoms with van der Waals surface area (Å²) in [6.07, 6.45) is 11.9. The first-order valence-electron chi connectivity index (χ1n) is 4.69. The van der Waals surface area contributed by atoms with Gasteiger partial charge in [-0.05, 0) is 25.0 Å². The molecule has 0 aromatic rings. The molecule has 0 aromatic heterocycles. The van der Waals surface area contributed by atoms with E-state index in [2.05, 4.69) is 41.3 Å². The van der Waals surface area contributed by atoms with Crippen LogP contribution in [0.5, 0.6) is 0 Å². The Morgan fingerprint density at radius 3 is 2.58 bits per heavy atom. The predicted molar refractivity (Wildman–Crippen MR) is 50.6 cm³/mol. The van der Waals surface area contributed by atoms with Gasteiger partial charge in [-0.25, -0.2) is 0 Å². The summed E-state index contributed by atoms with van der Waals surface area (Å²) in [5.41, 5.74) is 0. The van der Waals surface area contributed by atoms with Crippen LogP contribution in [0.2, 0.25) is 0 Å². The second kappa shape index (κ2) is 3.31. The Morgan fingerprint density at radius 1 is 1.17 bits per heavy atom. The van der Waals surface area contributed by atoms with Crippen molar-refractivity contribution in [2.75, 3.05) is 20.1 Å². The van der Waals surface area contributed by atoms with E-state index in [1.807, 2.05) is 0 Å². The summed E-state index contributed by atoms with van der Waals surface area (Å²) >= 11 is 0. The average Bonchev–Trinajstić information content (AvgIpc) is 2.57. The number of nitrogens with zero attached hydrogens (tertiary/aromatic N) is 2. The van der Waals surface area contributed by atoms with E-state index in [4.69, 9.17) is 0 Å². The maximum atomic E-state index is 2.53. The first kappa shape index (κ1) is 7.87. The highest BCUT2D eigenvalue weighted by atomic mass is 15.3. The van der Waals surface area contributed by atoms with Crippen LogP contribution in [0, 0.1) is 0 Å². The van der Waals surface area contributed by atoms with E-state index < -0.39 is 0 Å². The van der Waals surface area contributed by atoms with E-state index in [0.29, 0.717) is 6.17 Å². The molecule has 1 unspecified atom stereocenters. The lowest BCUT2D eigenvalue weighted by Crippen LogP contribution is -2.42. The third-order valence-electron chi connectivity index (χ3n) is 2.65. The lowest BCUT2D eigenvalue weighted by atomic mass is 10.3. The molecule has 0 bridgehead atoms. The van der Waals surface area contributed by atoms with Crippen LogP contribution in [0.25, 0.3) is 0 Å². The first-order valence-corrected chi connectivity index (χ1v) is 4.69. The third kappa shape index (κ3) is 1.39. The fourth-order valence-corrected chi connectivity index (χ4v) is 1.96. The molecule has 2 nitrogen and oxygen atoms in total. The summed E-state index contributed by atoms with van der Waals surface area (Å²) in [6.45, 7) is 2.51. The molecule has 1 fully saturated rings. The van der Waals surface area contributed by atoms with Gasteiger partial charge in [0.25, 0.3) is 0 Å². The zero-order valence-electron chi connectivity index (χ0n) is 7.61. The Hall–Kier alpha value is -0.760. The summed E-state index contributed by atoms with van der Waals surface area (Å²) in [5, 5.41) is 0. The number of hydrogen-bond acceptors (Lipinski definition) is 2. The van der Waals surface area contributed by atoms with Crippen molar-refractivity contribution in [3.63, 3.8) is 0 Å². The highest BCUT2D eigenvalue weighted by Gasteiger charge is 2.22. The standard InChI is InChI=1S/C10H16N2/c1-11-7-3-2-6-10(11)12-8-4-5-9-12/h2-3,6-7,10H,4-5,8-9H2,1H3. The molecule has 0 spiro atoms. The van der Waals surface area contributed by atoms with E-state index >= 15 is 0 Å². The molecular formula is C10H16N2. The molecule has 2 aliphatic heterocycles. The van der Waals surface area contributed by atoms with E-state index in [1.165, 1.54) is 25.9 Å². The van der Waals surface area contributed by atoms with E-state index in [1.54, 1.807) is 0 Å². The Labute approximate surface area is 74.2 Å². The second-order valence-electron chi connectivity index (χ2n) is 3.55. The quantitative estimate of drug-likeness (QED) is 0.578. The van der Waals surface area contributed by atoms with Crippen molar-refractivity contribution in [2.24, 2.45) is 0 Å². The highest BCUT2D eigenvalue weighted by molar-refractivity contribution is 5.12. The minimum atomic E-state index is 0.512. The van der Waals surface area contributed by atoms with Gasteiger partial charge in [-0.2, -0.15) is 0 Å². The van der Waals surface area contributed by atoms with Crippen LogP contribution in [-0.2, 0) is 0 Å². The summed E-state index contributed by atoms with van der Waals surface area (Å²) in [7, 11) is 2.14. The largest absolute Gasteiger partial charge is 0.362 e. The smallest absolute Gasteiger partial charge is 0.101 e. The Bertz CT molecular complexity index is 202. The molecule has 0 aliphatic carbocycles. The van der Waals surface area contributed by atoms with Crippen LogP contribution in [0.4, 0.5) is 0 Å². The van der Waals surface area contributed by atoms with Crippen LogP contribution >= 0.6 is 0 Å². The molecule has 12 heavy (non-hydrogen) atoms. The summed E-state index contributed by atoms with van der Waals surface area (Å²) in [5.74, 6) is 0. The van der Waals surface area contributed by atoms with Crippen LogP contribution < -0.4 is 0 Å². The fraction of sp³-hybridized carbons (Fsp3) is 0.600. The van der Waals surface area contributed by atoms with Crippen molar-refractivity contribution >= 4 is 0 Å². The topological polar surface area (TPSA) is 6.48 Å². The summed E-state index contributed by atoms with van der Waals surface area (Å²) in [4.78, 5) is 4.80. The van der Waals surface area contributed by atoms with E-state index in [0.717, 1.165) is 0 Å². The number of likely N-dealkylation sites (N-methyl/N-ethyl adjacent to an activating group) is 1. The molecule has 2 heteroatoms. The predicted octanol–water partition coefficient (Wildman–Crippen LogP) is 1.42. The van der Waals surface area contributed by atoms with Gasteiger partial charge >= 0.3 is 0 Å². The van der Waals surface area contributed by atoms with Crippen molar-refractivity contribution < 1.29 is 0 Å². The maximum Gasteiger partial charge on any atom is 0.101 e. The van der Waals surface area contributed by atoms with Crippen molar-refractivity contribution in [3.8, 4) is 0 Å². The molecule has 2 heterocycles. The Morgan fingerprint density at radius 2 is 1.92 bits per heavy atom. The van der Waals surface area contributed by atoms with Crippen LogP contribution in [0.1, 0.15) is 12.8 Å². The van der Waals surface area contributed by atoms with Crippen molar-refractivity contribution in [2.45, 2.75) is 19.0 Å². The van der Waals surface area contributed by atoms with Gasteiger partial charge in [0.1, 0.15) is 6.17 Å². The minimum absolute atomic E-state index is 0.512. The zero-order valence-corrected chi connectivity index (χ0v) is 7.61. The van der Waals surface area contributed by atoms with E-state index in [9.17, 15) is 0 Å². The molecule has 0 aromatic carbocycles. The van der Waals surface area contributed by atoms with Gasteiger partial charge < -0.3 is 4.90 Å². The summed E-state index contributed by atoms with van der Waals surface area (Å²) in [6, 6.07) is 0. The van der Waals surface area contributed by atoms with E-state index in [-0.39, 0.29) is 0 Å². The fourth-order valence-electron chi connectivity index (χ4n) is 1.96. The van der Waals surface area contributed by atoms with Gasteiger partial charge in [-0.3, -0.25) is 4.90 Å². The molecule has 2 aliphatic rings. The normalized spacial score (nSPS) is 30.1. The summed E-state index contributed by atoms with van der Waals surface area (Å²) < 4.78 is 0. The Balaban J connectivity index is 2.02. The van der Waals surface area contributed by atoms with Crippen molar-refractivity contribution in [1.82, 2.24) is 9.80 Å². The van der Waals surface area contributed by atoms with Crippen LogP contribution in [0.15, 0.2) is 24.4 Å². The third-order valence-corrected chi connectivity index (χ3v) is 2.65. The SMILES string of the molecule is CN1C=CC=CC1N1CCCC1. The molecule has 1 saturated heterocycles. The maximum absolute atomic E-state index is 2.53. The number of likely N-dealkylation sites (tertiary alicyclic amines) is 1. The number of hydrogen-bond donors (Lipinski definition) is 0. The first-order chi connectivity index (χ1) is 5.88. The molecule has 2 rings (SSSR count).